The number of aromatic nitrogens is 7. The van der Waals surface area contributed by atoms with Crippen LogP contribution in [0.3, 0.4) is 0 Å². The lowest BCUT2D eigenvalue weighted by Crippen LogP contribution is -2.12. The summed E-state index contributed by atoms with van der Waals surface area (Å²) in [5.41, 5.74) is 3.37. The maximum atomic E-state index is 9.57. The number of anilines is 1. The van der Waals surface area contributed by atoms with E-state index in [-0.39, 0.29) is 6.04 Å². The number of rotatable bonds is 6. The molecule has 0 aliphatic carbocycles. The molecular formula is C20H21N9O. The van der Waals surface area contributed by atoms with E-state index in [2.05, 4.69) is 36.8 Å². The van der Waals surface area contributed by atoms with Crippen molar-refractivity contribution in [2.75, 3.05) is 5.32 Å². The Balaban J connectivity index is 1.77. The highest BCUT2D eigenvalue weighted by molar-refractivity contribution is 5.79. The summed E-state index contributed by atoms with van der Waals surface area (Å²) in [6.07, 6.45) is 6.16. The van der Waals surface area contributed by atoms with Crippen LogP contribution < -0.4 is 5.32 Å². The van der Waals surface area contributed by atoms with Crippen molar-refractivity contribution in [3.63, 3.8) is 0 Å². The molecule has 0 unspecified atom stereocenters. The van der Waals surface area contributed by atoms with Crippen LogP contribution in [0.25, 0.3) is 28.1 Å². The molecule has 4 rings (SSSR count). The van der Waals surface area contributed by atoms with Gasteiger partial charge in [0.25, 0.3) is 0 Å². The Morgan fingerprint density at radius 3 is 2.73 bits per heavy atom. The molecule has 152 valence electrons. The summed E-state index contributed by atoms with van der Waals surface area (Å²) in [7, 11) is 0. The molecule has 0 radical (unpaired) electrons. The lowest BCUT2D eigenvalue weighted by Gasteiger charge is -2.15. The van der Waals surface area contributed by atoms with Crippen molar-refractivity contribution in [2.45, 2.75) is 39.5 Å². The quantitative estimate of drug-likeness (QED) is 0.501. The molecular weight excluding hydrogens is 382 g/mol. The lowest BCUT2D eigenvalue weighted by molar-refractivity contribution is 0.167. The molecule has 4 heterocycles. The van der Waals surface area contributed by atoms with Crippen LogP contribution >= 0.6 is 0 Å². The molecule has 4 aromatic rings. The fourth-order valence-corrected chi connectivity index (χ4v) is 3.13. The van der Waals surface area contributed by atoms with Crippen LogP contribution in [0.1, 0.15) is 26.3 Å². The molecule has 10 heteroatoms. The van der Waals surface area contributed by atoms with Gasteiger partial charge in [-0.15, -0.1) is 5.10 Å². The van der Waals surface area contributed by atoms with Crippen LogP contribution in [-0.2, 0) is 6.54 Å². The first-order valence-corrected chi connectivity index (χ1v) is 9.54. The van der Waals surface area contributed by atoms with Crippen molar-refractivity contribution in [3.05, 3.63) is 42.5 Å². The monoisotopic (exact) mass is 403 g/mol. The second kappa shape index (κ2) is 7.88. The van der Waals surface area contributed by atoms with Gasteiger partial charge in [-0.2, -0.15) is 15.0 Å². The third-order valence-electron chi connectivity index (χ3n) is 4.35. The van der Waals surface area contributed by atoms with E-state index in [9.17, 15) is 5.11 Å². The zero-order chi connectivity index (χ0) is 21.3. The molecule has 0 saturated carbocycles. The zero-order valence-electron chi connectivity index (χ0n) is 16.9. The molecule has 4 aromatic heterocycles. The predicted octanol–water partition coefficient (Wildman–Crippen LogP) is 2.15. The minimum absolute atomic E-state index is 0.178. The van der Waals surface area contributed by atoms with E-state index in [0.29, 0.717) is 29.3 Å². The Morgan fingerprint density at radius 2 is 2.00 bits per heavy atom. The molecule has 0 aromatic carbocycles. The largest absolute Gasteiger partial charge is 0.391 e. The lowest BCUT2D eigenvalue weighted by atomic mass is 10.1. The molecule has 0 amide bonds. The fraction of sp³-hybridized carbons (Fsp3) is 0.300. The molecule has 0 aliphatic rings. The Bertz CT molecular complexity index is 1230. The van der Waals surface area contributed by atoms with Gasteiger partial charge in [0.2, 0.25) is 0 Å². The van der Waals surface area contributed by atoms with Crippen LogP contribution in [0.2, 0.25) is 0 Å². The van der Waals surface area contributed by atoms with Gasteiger partial charge in [0.1, 0.15) is 11.8 Å². The van der Waals surface area contributed by atoms with Gasteiger partial charge in [0.05, 0.1) is 30.6 Å². The summed E-state index contributed by atoms with van der Waals surface area (Å²) in [6.45, 7) is 6.15. The minimum Gasteiger partial charge on any atom is -0.391 e. The molecule has 10 nitrogen and oxygen atoms in total. The van der Waals surface area contributed by atoms with Gasteiger partial charge >= 0.3 is 0 Å². The van der Waals surface area contributed by atoms with Crippen molar-refractivity contribution in [2.24, 2.45) is 0 Å². The molecule has 0 bridgehead atoms. The Kier molecular flexibility index (Phi) is 5.12. The Hall–Kier alpha value is -3.84. The van der Waals surface area contributed by atoms with E-state index in [1.807, 2.05) is 19.9 Å². The first-order valence-electron chi connectivity index (χ1n) is 9.54. The van der Waals surface area contributed by atoms with Crippen molar-refractivity contribution < 1.29 is 5.11 Å². The van der Waals surface area contributed by atoms with Crippen LogP contribution in [0.4, 0.5) is 5.69 Å². The molecule has 0 aliphatic heterocycles. The SMILES string of the molecule is CC(C)Nc1cc(-n2ncc3cc(C#N)cnc32)ncc1-c1cn(C[C@@H](C)O)nn1. The second-order valence-corrected chi connectivity index (χ2v) is 7.37. The zero-order valence-corrected chi connectivity index (χ0v) is 16.9. The van der Waals surface area contributed by atoms with Crippen LogP contribution in [0, 0.1) is 11.3 Å². The van der Waals surface area contributed by atoms with Gasteiger partial charge in [0, 0.05) is 41.1 Å². The van der Waals surface area contributed by atoms with Crippen LogP contribution in [0.5, 0.6) is 0 Å². The van der Waals surface area contributed by atoms with Gasteiger partial charge in [-0.25, -0.2) is 14.6 Å². The number of hydrogen-bond donors (Lipinski definition) is 2. The van der Waals surface area contributed by atoms with Gasteiger partial charge < -0.3 is 10.4 Å². The molecule has 0 spiro atoms. The van der Waals surface area contributed by atoms with Crippen molar-refractivity contribution >= 4 is 16.7 Å². The number of pyridine rings is 2. The van der Waals surface area contributed by atoms with E-state index < -0.39 is 6.10 Å². The topological polar surface area (TPSA) is 130 Å². The number of nitrogens with zero attached hydrogens (tertiary/aromatic N) is 8. The molecule has 30 heavy (non-hydrogen) atoms. The summed E-state index contributed by atoms with van der Waals surface area (Å²) < 4.78 is 3.24. The number of hydrogen-bond acceptors (Lipinski definition) is 8. The number of nitrogens with one attached hydrogen (secondary N) is 1. The van der Waals surface area contributed by atoms with Crippen molar-refractivity contribution in [1.82, 2.24) is 34.7 Å². The van der Waals surface area contributed by atoms with Gasteiger partial charge in [-0.3, -0.25) is 0 Å². The summed E-state index contributed by atoms with van der Waals surface area (Å²) >= 11 is 0. The Labute approximate surface area is 172 Å². The average molecular weight is 403 g/mol. The number of aliphatic hydroxyl groups excluding tert-OH is 1. The highest BCUT2D eigenvalue weighted by atomic mass is 16.3. The van der Waals surface area contributed by atoms with E-state index in [0.717, 1.165) is 16.6 Å². The highest BCUT2D eigenvalue weighted by Crippen LogP contribution is 2.28. The maximum absolute atomic E-state index is 9.57. The van der Waals surface area contributed by atoms with E-state index >= 15 is 0 Å². The number of aliphatic hydroxyl groups is 1. The normalized spacial score (nSPS) is 12.3. The smallest absolute Gasteiger partial charge is 0.164 e. The average Bonchev–Trinajstić information content (AvgIpc) is 3.33. The first kappa shape index (κ1) is 19.5. The third-order valence-corrected chi connectivity index (χ3v) is 4.35. The highest BCUT2D eigenvalue weighted by Gasteiger charge is 2.15. The second-order valence-electron chi connectivity index (χ2n) is 7.37. The number of fused-ring (bicyclic) bond motifs is 1. The van der Waals surface area contributed by atoms with Crippen LogP contribution in [0.15, 0.2) is 36.9 Å². The summed E-state index contributed by atoms with van der Waals surface area (Å²) in [5, 5.41) is 35.5. The van der Waals surface area contributed by atoms with E-state index in [1.54, 1.807) is 40.9 Å². The summed E-state index contributed by atoms with van der Waals surface area (Å²) in [5.74, 6) is 0.588. The van der Waals surface area contributed by atoms with Gasteiger partial charge in [0.15, 0.2) is 11.5 Å². The summed E-state index contributed by atoms with van der Waals surface area (Å²) in [6, 6.07) is 5.89. The third kappa shape index (κ3) is 3.83. The summed E-state index contributed by atoms with van der Waals surface area (Å²) in [4.78, 5) is 8.92. The molecule has 1 atom stereocenters. The predicted molar refractivity (Wildman–Crippen MR) is 111 cm³/mol. The van der Waals surface area contributed by atoms with E-state index in [1.165, 1.54) is 6.20 Å². The van der Waals surface area contributed by atoms with Crippen molar-refractivity contribution in [3.8, 4) is 23.1 Å². The minimum atomic E-state index is -0.518. The fourth-order valence-electron chi connectivity index (χ4n) is 3.13. The van der Waals surface area contributed by atoms with Crippen LogP contribution in [-0.4, -0.2) is 52.0 Å². The Morgan fingerprint density at radius 1 is 1.17 bits per heavy atom. The molecule has 2 N–H and O–H groups in total. The molecule has 0 fully saturated rings. The standard InChI is InChI=1S/C20H21N9O/c1-12(2)25-17-5-19(29-20-15(8-24-29)4-14(6-21)7-23-20)22-9-16(17)18-11-28(27-26-18)10-13(3)30/h4-5,7-9,11-13,30H,10H2,1-3H3,(H,22,25)/t13-/m1/s1. The van der Waals surface area contributed by atoms with Gasteiger partial charge in [-0.1, -0.05) is 5.21 Å². The van der Waals surface area contributed by atoms with E-state index in [4.69, 9.17) is 5.26 Å². The molecule has 0 saturated heterocycles. The maximum Gasteiger partial charge on any atom is 0.164 e. The first-order chi connectivity index (χ1) is 14.4. The number of nitriles is 1. The van der Waals surface area contributed by atoms with Gasteiger partial charge in [-0.05, 0) is 26.8 Å². The van der Waals surface area contributed by atoms with Crippen molar-refractivity contribution in [1.29, 1.82) is 5.26 Å².